The van der Waals surface area contributed by atoms with Crippen molar-refractivity contribution in [2.24, 2.45) is 0 Å². The average Bonchev–Trinajstić information content (AvgIpc) is 3.33. The van der Waals surface area contributed by atoms with Crippen molar-refractivity contribution in [3.63, 3.8) is 0 Å². The zero-order valence-electron chi connectivity index (χ0n) is 24.0. The second-order valence-electron chi connectivity index (χ2n) is 11.1. The third kappa shape index (κ3) is 5.02. The van der Waals surface area contributed by atoms with Crippen LogP contribution in [0.5, 0.6) is 17.2 Å². The molecule has 41 heavy (non-hydrogen) atoms. The summed E-state index contributed by atoms with van der Waals surface area (Å²) in [5, 5.41) is 4.24. The van der Waals surface area contributed by atoms with Crippen LogP contribution in [0.4, 0.5) is 11.4 Å². The van der Waals surface area contributed by atoms with Crippen molar-refractivity contribution in [1.82, 2.24) is 10.3 Å². The lowest BCUT2D eigenvalue weighted by atomic mass is 9.86. The number of hydrogen-bond acceptors (Lipinski definition) is 5. The minimum absolute atomic E-state index is 0.0484. The van der Waals surface area contributed by atoms with Crippen LogP contribution >= 0.6 is 12.2 Å². The van der Waals surface area contributed by atoms with Gasteiger partial charge >= 0.3 is 0 Å². The molecule has 0 spiro atoms. The van der Waals surface area contributed by atoms with E-state index in [1.54, 1.807) is 7.11 Å². The van der Waals surface area contributed by atoms with Gasteiger partial charge in [-0.3, -0.25) is 4.98 Å². The highest BCUT2D eigenvalue weighted by Crippen LogP contribution is 2.45. The number of allylic oxidation sites excluding steroid dienone is 1. The molecule has 0 bridgehead atoms. The van der Waals surface area contributed by atoms with Crippen molar-refractivity contribution in [2.45, 2.75) is 38.4 Å². The molecule has 2 atom stereocenters. The number of rotatable bonds is 6. The molecule has 1 fully saturated rings. The fourth-order valence-corrected chi connectivity index (χ4v) is 6.13. The van der Waals surface area contributed by atoms with E-state index in [1.807, 2.05) is 54.7 Å². The normalized spacial score (nSPS) is 19.3. The van der Waals surface area contributed by atoms with E-state index in [4.69, 9.17) is 26.7 Å². The van der Waals surface area contributed by atoms with Crippen molar-refractivity contribution in [3.05, 3.63) is 114 Å². The number of likely N-dealkylation sites (N-methyl/N-ethyl adjacent to an activating group) is 1. The van der Waals surface area contributed by atoms with Crippen molar-refractivity contribution >= 4 is 34.3 Å². The van der Waals surface area contributed by atoms with Crippen LogP contribution in [0, 0.1) is 0 Å². The van der Waals surface area contributed by atoms with Crippen LogP contribution < -0.4 is 24.6 Å². The van der Waals surface area contributed by atoms with Gasteiger partial charge in [0.2, 0.25) is 0 Å². The molecule has 3 aromatic carbocycles. The van der Waals surface area contributed by atoms with Gasteiger partial charge in [0.25, 0.3) is 0 Å². The smallest absolute Gasteiger partial charge is 0.174 e. The monoisotopic (exact) mass is 562 g/mol. The maximum absolute atomic E-state index is 6.08. The molecule has 2 aliphatic rings. The van der Waals surface area contributed by atoms with Gasteiger partial charge in [-0.25, -0.2) is 0 Å². The summed E-state index contributed by atoms with van der Waals surface area (Å²) in [4.78, 5) is 9.25. The van der Waals surface area contributed by atoms with Crippen molar-refractivity contribution in [3.8, 4) is 17.2 Å². The molecule has 3 heterocycles. The van der Waals surface area contributed by atoms with E-state index in [0.717, 1.165) is 28.6 Å². The first-order chi connectivity index (χ1) is 19.7. The molecule has 4 aromatic rings. The Bertz CT molecular complexity index is 1600. The topological polar surface area (TPSA) is 49.9 Å². The zero-order chi connectivity index (χ0) is 28.7. The highest BCUT2D eigenvalue weighted by Gasteiger charge is 2.41. The van der Waals surface area contributed by atoms with Crippen LogP contribution in [-0.4, -0.2) is 29.8 Å². The number of ether oxygens (including phenoxy) is 2. The van der Waals surface area contributed by atoms with Crippen LogP contribution in [0.1, 0.15) is 49.7 Å². The lowest BCUT2D eigenvalue weighted by Crippen LogP contribution is -2.42. The van der Waals surface area contributed by atoms with E-state index in [-0.39, 0.29) is 17.6 Å². The van der Waals surface area contributed by atoms with Crippen molar-refractivity contribution in [1.29, 1.82) is 0 Å². The number of methoxy groups -OCH3 is 1. The Morgan fingerprint density at radius 3 is 2.24 bits per heavy atom. The molecule has 0 saturated carbocycles. The van der Waals surface area contributed by atoms with Crippen LogP contribution in [0.2, 0.25) is 0 Å². The predicted octanol–water partition coefficient (Wildman–Crippen LogP) is 7.69. The first-order valence-corrected chi connectivity index (χ1v) is 14.2. The summed E-state index contributed by atoms with van der Waals surface area (Å²) >= 11 is 5.96. The number of aromatic nitrogens is 1. The molecule has 1 N–H and O–H groups in total. The van der Waals surface area contributed by atoms with Crippen LogP contribution in [0.25, 0.3) is 5.57 Å². The van der Waals surface area contributed by atoms with Gasteiger partial charge < -0.3 is 24.6 Å². The summed E-state index contributed by atoms with van der Waals surface area (Å²) in [6, 6.07) is 28.2. The molecular weight excluding hydrogens is 528 g/mol. The number of nitrogens with zero attached hydrogens (tertiary/aromatic N) is 3. The minimum Gasteiger partial charge on any atom is -0.497 e. The molecule has 0 aliphatic carbocycles. The summed E-state index contributed by atoms with van der Waals surface area (Å²) in [5.74, 6) is 2.28. The third-order valence-corrected chi connectivity index (χ3v) is 8.41. The quantitative estimate of drug-likeness (QED) is 0.242. The molecule has 6 nitrogen and oxygen atoms in total. The zero-order valence-corrected chi connectivity index (χ0v) is 24.8. The fourth-order valence-electron chi connectivity index (χ4n) is 5.79. The molecule has 0 unspecified atom stereocenters. The van der Waals surface area contributed by atoms with E-state index in [0.29, 0.717) is 5.11 Å². The number of fused-ring (bicyclic) bond motifs is 1. The Labute approximate surface area is 247 Å². The second kappa shape index (κ2) is 10.6. The summed E-state index contributed by atoms with van der Waals surface area (Å²) in [7, 11) is 3.81. The van der Waals surface area contributed by atoms with E-state index < -0.39 is 0 Å². The maximum Gasteiger partial charge on any atom is 0.174 e. The molecule has 0 amide bonds. The highest BCUT2D eigenvalue weighted by atomic mass is 32.1. The standard InChI is InChI=1S/C34H34N4O2S/c1-22-21-34(2,3)37(4)30-18-9-23(20-28(22)30)32-31(29-8-6-7-19-35-29)36-33(41)38(32)24-10-12-26(13-11-24)40-27-16-14-25(39-5)15-17-27/h6-21,31-32H,1-5H3,(H,36,41)/t31-,32+/m0/s1. The van der Waals surface area contributed by atoms with Crippen molar-refractivity contribution in [2.75, 3.05) is 24.0 Å². The highest BCUT2D eigenvalue weighted by molar-refractivity contribution is 7.80. The van der Waals surface area contributed by atoms with Gasteiger partial charge in [-0.05, 0) is 117 Å². The fraction of sp³-hybridized carbons (Fsp3) is 0.235. The van der Waals surface area contributed by atoms with Gasteiger partial charge in [0.05, 0.1) is 30.4 Å². The maximum atomic E-state index is 6.08. The van der Waals surface area contributed by atoms with Crippen LogP contribution in [-0.2, 0) is 0 Å². The first-order valence-electron chi connectivity index (χ1n) is 13.8. The lowest BCUT2D eigenvalue weighted by molar-refractivity contribution is 0.413. The lowest BCUT2D eigenvalue weighted by Gasteiger charge is -2.41. The number of hydrogen-bond donors (Lipinski definition) is 1. The summed E-state index contributed by atoms with van der Waals surface area (Å²) in [6.45, 7) is 6.69. The largest absolute Gasteiger partial charge is 0.497 e. The van der Waals surface area contributed by atoms with Gasteiger partial charge in [0.1, 0.15) is 17.2 Å². The molecule has 7 heteroatoms. The second-order valence-corrected chi connectivity index (χ2v) is 11.5. The minimum atomic E-state index is -0.112. The van der Waals surface area contributed by atoms with E-state index in [2.05, 4.69) is 85.4 Å². The molecule has 6 rings (SSSR count). The molecule has 0 radical (unpaired) electrons. The van der Waals surface area contributed by atoms with Crippen molar-refractivity contribution < 1.29 is 9.47 Å². The van der Waals surface area contributed by atoms with Gasteiger partial charge in [-0.1, -0.05) is 18.2 Å². The van der Waals surface area contributed by atoms with Gasteiger partial charge in [0, 0.05) is 30.2 Å². The summed E-state index contributed by atoms with van der Waals surface area (Å²) in [5.41, 5.74) is 6.80. The van der Waals surface area contributed by atoms with Gasteiger partial charge in [0.15, 0.2) is 5.11 Å². The average molecular weight is 563 g/mol. The molecule has 1 aromatic heterocycles. The first kappa shape index (κ1) is 26.8. The Morgan fingerprint density at radius 1 is 0.902 bits per heavy atom. The summed E-state index contributed by atoms with van der Waals surface area (Å²) in [6.07, 6.45) is 4.17. The Kier molecular flexibility index (Phi) is 6.91. The Hall–Kier alpha value is -4.36. The predicted molar refractivity (Wildman–Crippen MR) is 170 cm³/mol. The Morgan fingerprint density at radius 2 is 1.59 bits per heavy atom. The van der Waals surface area contributed by atoms with Crippen LogP contribution in [0.3, 0.4) is 0 Å². The molecule has 1 saturated heterocycles. The molecule has 208 valence electrons. The van der Waals surface area contributed by atoms with Gasteiger partial charge in [-0.15, -0.1) is 0 Å². The van der Waals surface area contributed by atoms with E-state index in [1.165, 1.54) is 22.4 Å². The molecule has 2 aliphatic heterocycles. The number of pyridine rings is 1. The number of thiocarbonyl (C=S) groups is 1. The third-order valence-electron chi connectivity index (χ3n) is 8.09. The van der Waals surface area contributed by atoms with E-state index >= 15 is 0 Å². The number of nitrogens with one attached hydrogen (secondary N) is 1. The number of benzene rings is 3. The number of anilines is 2. The molecular formula is C34H34N4O2S. The Balaban J connectivity index is 1.37. The summed E-state index contributed by atoms with van der Waals surface area (Å²) < 4.78 is 11.3. The SMILES string of the molecule is COc1ccc(Oc2ccc(N3C(=S)N[C@@H](c4ccccn4)[C@H]3c3ccc4c(c3)C(C)=CC(C)(C)N4C)cc2)cc1. The van der Waals surface area contributed by atoms with Gasteiger partial charge in [-0.2, -0.15) is 0 Å². The van der Waals surface area contributed by atoms with E-state index in [9.17, 15) is 0 Å². The van der Waals surface area contributed by atoms with Crippen LogP contribution in [0.15, 0.2) is 97.2 Å².